The third-order valence-corrected chi connectivity index (χ3v) is 3.51. The molecule has 1 heterocycles. The monoisotopic (exact) mass is 317 g/mol. The quantitative estimate of drug-likeness (QED) is 0.786. The number of rotatable bonds is 7. The molecule has 4 nitrogen and oxygen atoms in total. The number of carboxylic acids is 1. The number of likely N-dealkylation sites (tertiary alicyclic amines) is 1. The molecule has 0 amide bonds. The lowest BCUT2D eigenvalue weighted by atomic mass is 10.00. The van der Waals surface area contributed by atoms with Gasteiger partial charge in [0.25, 0.3) is 0 Å². The SMILES string of the molecule is O=C(O)C1CN(Cc2ccc(OCCCC(F)(F)F)cc2)C1. The smallest absolute Gasteiger partial charge is 0.389 e. The van der Waals surface area contributed by atoms with Crippen LogP contribution in [0.15, 0.2) is 24.3 Å². The zero-order valence-electron chi connectivity index (χ0n) is 12.0. The van der Waals surface area contributed by atoms with Gasteiger partial charge in [-0.05, 0) is 24.1 Å². The lowest BCUT2D eigenvalue weighted by Crippen LogP contribution is -2.49. The van der Waals surface area contributed by atoms with Crippen molar-refractivity contribution in [1.29, 1.82) is 0 Å². The van der Waals surface area contributed by atoms with E-state index in [0.29, 0.717) is 25.4 Å². The number of carbonyl (C=O) groups is 1. The fraction of sp³-hybridized carbons (Fsp3) is 0.533. The van der Waals surface area contributed by atoms with Crippen LogP contribution < -0.4 is 4.74 Å². The van der Waals surface area contributed by atoms with E-state index in [1.165, 1.54) is 0 Å². The average molecular weight is 317 g/mol. The van der Waals surface area contributed by atoms with Crippen molar-refractivity contribution < 1.29 is 27.8 Å². The van der Waals surface area contributed by atoms with Crippen molar-refractivity contribution in [2.24, 2.45) is 5.92 Å². The lowest BCUT2D eigenvalue weighted by Gasteiger charge is -2.36. The van der Waals surface area contributed by atoms with Gasteiger partial charge >= 0.3 is 12.1 Å². The highest BCUT2D eigenvalue weighted by Crippen LogP contribution is 2.22. The maximum atomic E-state index is 12.0. The Labute approximate surface area is 126 Å². The second-order valence-electron chi connectivity index (χ2n) is 5.44. The summed E-state index contributed by atoms with van der Waals surface area (Å²) < 4.78 is 41.2. The Kier molecular flexibility index (Phi) is 5.28. The molecule has 0 aliphatic carbocycles. The van der Waals surface area contributed by atoms with E-state index in [0.717, 1.165) is 5.56 Å². The Balaban J connectivity index is 1.69. The van der Waals surface area contributed by atoms with Crippen LogP contribution >= 0.6 is 0 Å². The maximum Gasteiger partial charge on any atom is 0.389 e. The summed E-state index contributed by atoms with van der Waals surface area (Å²) in [5.74, 6) is -0.506. The Bertz CT molecular complexity index is 496. The molecule has 0 atom stereocenters. The van der Waals surface area contributed by atoms with Crippen LogP contribution in [0.5, 0.6) is 5.75 Å². The number of hydrogen-bond acceptors (Lipinski definition) is 3. The van der Waals surface area contributed by atoms with Crippen molar-refractivity contribution in [2.45, 2.75) is 25.6 Å². The number of benzene rings is 1. The number of hydrogen-bond donors (Lipinski definition) is 1. The van der Waals surface area contributed by atoms with E-state index in [9.17, 15) is 18.0 Å². The van der Waals surface area contributed by atoms with Gasteiger partial charge in [-0.25, -0.2) is 0 Å². The van der Waals surface area contributed by atoms with Crippen LogP contribution in [0.3, 0.4) is 0 Å². The summed E-state index contributed by atoms with van der Waals surface area (Å²) in [7, 11) is 0. The van der Waals surface area contributed by atoms with Crippen LogP contribution in [0.25, 0.3) is 0 Å². The van der Waals surface area contributed by atoms with Gasteiger partial charge in [0, 0.05) is 26.1 Å². The molecule has 0 aromatic heterocycles. The van der Waals surface area contributed by atoms with Crippen LogP contribution in [0.4, 0.5) is 13.2 Å². The molecule has 0 radical (unpaired) electrons. The molecule has 22 heavy (non-hydrogen) atoms. The zero-order valence-corrected chi connectivity index (χ0v) is 12.0. The summed E-state index contributed by atoms with van der Waals surface area (Å²) in [6.45, 7) is 1.79. The number of alkyl halides is 3. The highest BCUT2D eigenvalue weighted by atomic mass is 19.4. The molecule has 1 saturated heterocycles. The second-order valence-corrected chi connectivity index (χ2v) is 5.44. The van der Waals surface area contributed by atoms with Crippen molar-refractivity contribution in [3.05, 3.63) is 29.8 Å². The third-order valence-electron chi connectivity index (χ3n) is 3.51. The molecule has 0 saturated carbocycles. The molecule has 0 bridgehead atoms. The first-order valence-corrected chi connectivity index (χ1v) is 7.07. The predicted octanol–water partition coefficient (Wildman–Crippen LogP) is 2.92. The summed E-state index contributed by atoms with van der Waals surface area (Å²) in [5, 5.41) is 8.79. The molecule has 0 unspecified atom stereocenters. The Morgan fingerprint density at radius 2 is 1.91 bits per heavy atom. The van der Waals surface area contributed by atoms with Gasteiger partial charge < -0.3 is 9.84 Å². The average Bonchev–Trinajstić information content (AvgIpc) is 2.38. The maximum absolute atomic E-state index is 12.0. The van der Waals surface area contributed by atoms with Gasteiger partial charge in [-0.15, -0.1) is 0 Å². The molecule has 1 aliphatic rings. The van der Waals surface area contributed by atoms with Gasteiger partial charge in [-0.3, -0.25) is 9.69 Å². The third kappa shape index (κ3) is 5.22. The van der Waals surface area contributed by atoms with Crippen LogP contribution in [-0.2, 0) is 11.3 Å². The van der Waals surface area contributed by atoms with Crippen molar-refractivity contribution in [1.82, 2.24) is 4.90 Å². The van der Waals surface area contributed by atoms with E-state index in [1.54, 1.807) is 12.1 Å². The molecule has 1 fully saturated rings. The van der Waals surface area contributed by atoms with Crippen LogP contribution in [0, 0.1) is 5.92 Å². The summed E-state index contributed by atoms with van der Waals surface area (Å²) in [6.07, 6.45) is -5.04. The first-order chi connectivity index (χ1) is 10.3. The normalized spacial score (nSPS) is 16.3. The van der Waals surface area contributed by atoms with Crippen molar-refractivity contribution in [3.8, 4) is 5.75 Å². The topological polar surface area (TPSA) is 49.8 Å². The van der Waals surface area contributed by atoms with E-state index in [1.807, 2.05) is 17.0 Å². The van der Waals surface area contributed by atoms with Gasteiger partial charge in [0.1, 0.15) is 5.75 Å². The van der Waals surface area contributed by atoms with Crippen LogP contribution in [0.1, 0.15) is 18.4 Å². The highest BCUT2D eigenvalue weighted by Gasteiger charge is 2.32. The molecule has 122 valence electrons. The minimum atomic E-state index is -4.14. The summed E-state index contributed by atoms with van der Waals surface area (Å²) in [4.78, 5) is 12.7. The molecule has 1 N–H and O–H groups in total. The first-order valence-electron chi connectivity index (χ1n) is 7.07. The minimum absolute atomic E-state index is 0.0330. The number of nitrogens with zero attached hydrogens (tertiary/aromatic N) is 1. The fourth-order valence-corrected chi connectivity index (χ4v) is 2.27. The van der Waals surface area contributed by atoms with E-state index in [-0.39, 0.29) is 18.9 Å². The zero-order chi connectivity index (χ0) is 16.2. The summed E-state index contributed by atoms with van der Waals surface area (Å²) in [5.41, 5.74) is 1.02. The van der Waals surface area contributed by atoms with Gasteiger partial charge in [0.15, 0.2) is 0 Å². The highest BCUT2D eigenvalue weighted by molar-refractivity contribution is 5.71. The largest absolute Gasteiger partial charge is 0.494 e. The molecule has 1 aromatic carbocycles. The molecule has 1 aliphatic heterocycles. The summed E-state index contributed by atoms with van der Waals surface area (Å²) in [6, 6.07) is 7.12. The van der Waals surface area contributed by atoms with E-state index in [4.69, 9.17) is 9.84 Å². The van der Waals surface area contributed by atoms with Crippen LogP contribution in [0.2, 0.25) is 0 Å². The first kappa shape index (κ1) is 16.6. The van der Waals surface area contributed by atoms with Gasteiger partial charge in [0.2, 0.25) is 0 Å². The number of carboxylic acid groups (broad SMARTS) is 1. The summed E-state index contributed by atoms with van der Waals surface area (Å²) >= 11 is 0. The standard InChI is InChI=1S/C15H18F3NO3/c16-15(17,18)6-1-7-22-13-4-2-11(3-5-13)8-19-9-12(10-19)14(20)21/h2-5,12H,1,6-10H2,(H,20,21). The van der Waals surface area contributed by atoms with Crippen molar-refractivity contribution in [3.63, 3.8) is 0 Å². The molecular formula is C15H18F3NO3. The Morgan fingerprint density at radius 3 is 2.45 bits per heavy atom. The number of halogens is 3. The molecular weight excluding hydrogens is 299 g/mol. The molecule has 7 heteroatoms. The predicted molar refractivity (Wildman–Crippen MR) is 73.6 cm³/mol. The fourth-order valence-electron chi connectivity index (χ4n) is 2.27. The Morgan fingerprint density at radius 1 is 1.27 bits per heavy atom. The number of aliphatic carboxylic acids is 1. The van der Waals surface area contributed by atoms with Crippen molar-refractivity contribution in [2.75, 3.05) is 19.7 Å². The van der Waals surface area contributed by atoms with E-state index in [2.05, 4.69) is 0 Å². The van der Waals surface area contributed by atoms with Gasteiger partial charge in [-0.1, -0.05) is 12.1 Å². The van der Waals surface area contributed by atoms with Crippen LogP contribution in [-0.4, -0.2) is 41.8 Å². The minimum Gasteiger partial charge on any atom is -0.494 e. The van der Waals surface area contributed by atoms with E-state index >= 15 is 0 Å². The van der Waals surface area contributed by atoms with E-state index < -0.39 is 18.6 Å². The Hall–Kier alpha value is -1.76. The molecule has 1 aromatic rings. The van der Waals surface area contributed by atoms with Gasteiger partial charge in [-0.2, -0.15) is 13.2 Å². The van der Waals surface area contributed by atoms with Gasteiger partial charge in [0.05, 0.1) is 12.5 Å². The molecule has 0 spiro atoms. The van der Waals surface area contributed by atoms with Crippen molar-refractivity contribution >= 4 is 5.97 Å². The number of ether oxygens (including phenoxy) is 1. The molecule has 2 rings (SSSR count). The lowest BCUT2D eigenvalue weighted by molar-refractivity contribution is -0.147. The second kappa shape index (κ2) is 7.00.